The number of carboxylic acids is 2. The molecule has 2 aromatic carbocycles. The minimum atomic E-state index is -1.09. The fraction of sp³-hybridized carbons (Fsp3) is 0.562. The second kappa shape index (κ2) is 23.1. The Morgan fingerprint density at radius 2 is 0.865 bits per heavy atom. The van der Waals surface area contributed by atoms with Gasteiger partial charge < -0.3 is 19.8 Å². The normalized spacial score (nSPS) is 10.2. The van der Waals surface area contributed by atoms with Crippen molar-refractivity contribution >= 4 is 11.9 Å². The zero-order chi connectivity index (χ0) is 26.4. The van der Waals surface area contributed by atoms with E-state index >= 15 is 0 Å². The molecule has 0 bridgehead atoms. The van der Waals surface area contributed by atoms with Gasteiger partial charge in [0.2, 0.25) is 0 Å². The number of aromatic carboxylic acids is 2. The summed E-state index contributed by atoms with van der Waals surface area (Å²) in [5, 5.41) is 21.4. The molecule has 37 heavy (non-hydrogen) atoms. The topological polar surface area (TPSA) is 80.3 Å². The van der Waals surface area contributed by atoms with E-state index in [0.29, 0.717) is 0 Å². The molecule has 0 aliphatic heterocycles. The van der Waals surface area contributed by atoms with Gasteiger partial charge in [0.25, 0.3) is 0 Å². The second-order valence-corrected chi connectivity index (χ2v) is 9.72. The van der Waals surface area contributed by atoms with E-state index in [1.807, 2.05) is 12.1 Å². The molecule has 2 rings (SSSR count). The molecule has 0 heterocycles. The molecule has 0 amide bonds. The molecule has 0 saturated carbocycles. The van der Waals surface area contributed by atoms with Crippen molar-refractivity contribution in [1.82, 2.24) is 0 Å². The molecule has 0 unspecified atom stereocenters. The van der Waals surface area contributed by atoms with Crippen molar-refractivity contribution in [2.45, 2.75) is 117 Å². The van der Waals surface area contributed by atoms with Crippen molar-refractivity contribution < 1.29 is 39.3 Å². The van der Waals surface area contributed by atoms with Crippen LogP contribution in [0.25, 0.3) is 0 Å². The Kier molecular flexibility index (Phi) is 21.9. The van der Waals surface area contributed by atoms with E-state index in [1.165, 1.54) is 77.0 Å². The smallest absolute Gasteiger partial charge is 0.545 e. The molecule has 0 fully saturated rings. The van der Waals surface area contributed by atoms with Crippen LogP contribution in [0.1, 0.15) is 136 Å². The average molecular weight is 560 g/mol. The zero-order valence-electron chi connectivity index (χ0n) is 23.3. The van der Waals surface area contributed by atoms with Crippen LogP contribution in [0.4, 0.5) is 0 Å². The van der Waals surface area contributed by atoms with Gasteiger partial charge in [-0.2, -0.15) is 0 Å². The quantitative estimate of drug-likeness (QED) is 0.151. The Balaban J connectivity index is 0.000000682. The monoisotopic (exact) mass is 558 g/mol. The third-order valence-corrected chi connectivity index (χ3v) is 6.46. The first-order valence-electron chi connectivity index (χ1n) is 14.1. The predicted molar refractivity (Wildman–Crippen MR) is 145 cm³/mol. The Bertz CT molecular complexity index is 794. The summed E-state index contributed by atoms with van der Waals surface area (Å²) in [6, 6.07) is 14.2. The fourth-order valence-electron chi connectivity index (χ4n) is 4.28. The van der Waals surface area contributed by atoms with Crippen LogP contribution in [0.15, 0.2) is 48.5 Å². The molecule has 200 valence electrons. The molecule has 0 radical (unpaired) electrons. The summed E-state index contributed by atoms with van der Waals surface area (Å²) in [6.07, 6.45) is 19.9. The number of carboxylic acid groups (broad SMARTS) is 2. The number of unbranched alkanes of at least 4 members (excludes halogenated alkanes) is 12. The van der Waals surface area contributed by atoms with Crippen molar-refractivity contribution in [2.75, 3.05) is 0 Å². The molecule has 0 aliphatic rings. The van der Waals surface area contributed by atoms with Crippen LogP contribution in [-0.4, -0.2) is 11.9 Å². The van der Waals surface area contributed by atoms with E-state index in [0.717, 1.165) is 36.8 Å². The van der Waals surface area contributed by atoms with Crippen LogP contribution < -0.4 is 10.2 Å². The fourth-order valence-corrected chi connectivity index (χ4v) is 4.28. The summed E-state index contributed by atoms with van der Waals surface area (Å²) >= 11 is 0. The molecule has 0 N–H and O–H groups in total. The van der Waals surface area contributed by atoms with Crippen LogP contribution in [-0.2, 0) is 32.3 Å². The number of hydrogen-bond donors (Lipinski definition) is 0. The molecule has 0 atom stereocenters. The SMILES string of the molecule is CCCCCCCCCc1cccc(C(=O)[O-])c1.CCCCCCCCCc1cccc(C(=O)[O-])c1.[Zn+2]. The third-order valence-electron chi connectivity index (χ3n) is 6.46. The predicted octanol–water partition coefficient (Wildman–Crippen LogP) is 6.68. The Labute approximate surface area is 238 Å². The van der Waals surface area contributed by atoms with Crippen LogP contribution in [0.3, 0.4) is 0 Å². The first kappa shape index (κ1) is 35.0. The van der Waals surface area contributed by atoms with Crippen molar-refractivity contribution in [2.24, 2.45) is 0 Å². The molecule has 0 spiro atoms. The van der Waals surface area contributed by atoms with E-state index in [2.05, 4.69) is 13.8 Å². The van der Waals surface area contributed by atoms with Crippen LogP contribution in [0.2, 0.25) is 0 Å². The number of hydrogen-bond acceptors (Lipinski definition) is 4. The number of rotatable bonds is 18. The van der Waals surface area contributed by atoms with Gasteiger partial charge in [0.15, 0.2) is 0 Å². The summed E-state index contributed by atoms with van der Waals surface area (Å²) in [5.74, 6) is -2.17. The van der Waals surface area contributed by atoms with E-state index in [1.54, 1.807) is 36.4 Å². The minimum Gasteiger partial charge on any atom is -0.545 e. The molecule has 5 heteroatoms. The van der Waals surface area contributed by atoms with Gasteiger partial charge in [0, 0.05) is 0 Å². The molecule has 2 aromatic rings. The van der Waals surface area contributed by atoms with Crippen molar-refractivity contribution in [1.29, 1.82) is 0 Å². The summed E-state index contributed by atoms with van der Waals surface area (Å²) in [7, 11) is 0. The van der Waals surface area contributed by atoms with Gasteiger partial charge in [0.05, 0.1) is 11.9 Å². The van der Waals surface area contributed by atoms with E-state index < -0.39 is 11.9 Å². The van der Waals surface area contributed by atoms with Crippen molar-refractivity contribution in [3.05, 3.63) is 70.8 Å². The Hall–Kier alpha value is -2.00. The van der Waals surface area contributed by atoms with E-state index in [4.69, 9.17) is 0 Å². The first-order chi connectivity index (χ1) is 17.5. The summed E-state index contributed by atoms with van der Waals surface area (Å²) in [4.78, 5) is 21.4. The molecule has 0 aliphatic carbocycles. The molecule has 0 saturated heterocycles. The standard InChI is InChI=1S/2C16H24O2.Zn/c2*1-2-3-4-5-6-7-8-10-14-11-9-12-15(13-14)16(17)18;/h2*9,11-13H,2-8,10H2,1H3,(H,17,18);/q;;+2/p-2. The summed E-state index contributed by atoms with van der Waals surface area (Å²) in [5.41, 5.74) is 2.78. The molecule has 0 aromatic heterocycles. The maximum Gasteiger partial charge on any atom is 2.00 e. The minimum absolute atomic E-state index is 0. The van der Waals surface area contributed by atoms with Gasteiger partial charge in [-0.15, -0.1) is 0 Å². The van der Waals surface area contributed by atoms with Crippen molar-refractivity contribution in [3.8, 4) is 0 Å². The van der Waals surface area contributed by atoms with Crippen molar-refractivity contribution in [3.63, 3.8) is 0 Å². The van der Waals surface area contributed by atoms with Gasteiger partial charge in [-0.25, -0.2) is 0 Å². The second-order valence-electron chi connectivity index (χ2n) is 9.72. The van der Waals surface area contributed by atoms with Gasteiger partial charge in [-0.05, 0) is 60.1 Å². The number of carbonyl (C=O) groups excluding carboxylic acids is 2. The Morgan fingerprint density at radius 3 is 1.19 bits per heavy atom. The van der Waals surface area contributed by atoms with E-state index in [9.17, 15) is 19.8 Å². The maximum atomic E-state index is 10.7. The van der Waals surface area contributed by atoms with Crippen LogP contribution in [0, 0.1) is 0 Å². The number of aryl methyl sites for hydroxylation is 2. The maximum absolute atomic E-state index is 10.7. The number of carbonyl (C=O) groups is 2. The van der Waals surface area contributed by atoms with Gasteiger partial charge >= 0.3 is 19.5 Å². The average Bonchev–Trinajstić information content (AvgIpc) is 2.88. The van der Waals surface area contributed by atoms with E-state index in [-0.39, 0.29) is 30.6 Å². The zero-order valence-corrected chi connectivity index (χ0v) is 26.2. The summed E-state index contributed by atoms with van der Waals surface area (Å²) < 4.78 is 0. The first-order valence-corrected chi connectivity index (χ1v) is 14.1. The third kappa shape index (κ3) is 18.0. The van der Waals surface area contributed by atoms with Gasteiger partial charge in [-0.3, -0.25) is 0 Å². The van der Waals surface area contributed by atoms with Crippen LogP contribution >= 0.6 is 0 Å². The molecular formula is C32H46O4Zn. The van der Waals surface area contributed by atoms with Crippen LogP contribution in [0.5, 0.6) is 0 Å². The molecular weight excluding hydrogens is 514 g/mol. The Morgan fingerprint density at radius 1 is 0.541 bits per heavy atom. The number of benzene rings is 2. The van der Waals surface area contributed by atoms with Gasteiger partial charge in [-0.1, -0.05) is 127 Å². The molecule has 4 nitrogen and oxygen atoms in total. The summed E-state index contributed by atoms with van der Waals surface area (Å²) in [6.45, 7) is 4.45. The largest absolute Gasteiger partial charge is 2.00 e. The van der Waals surface area contributed by atoms with Gasteiger partial charge in [0.1, 0.15) is 0 Å².